The molecule has 3 N–H and O–H groups in total. The number of hydrogen-bond donors (Lipinski definition) is 2. The van der Waals surface area contributed by atoms with Crippen molar-refractivity contribution in [3.63, 3.8) is 0 Å². The van der Waals surface area contributed by atoms with Crippen LogP contribution in [0.5, 0.6) is 5.75 Å². The van der Waals surface area contributed by atoms with Gasteiger partial charge in [0.15, 0.2) is 0 Å². The number of benzene rings is 1. The number of amides is 1. The first-order valence-electron chi connectivity index (χ1n) is 6.78. The highest BCUT2D eigenvalue weighted by atomic mass is 16.5. The van der Waals surface area contributed by atoms with Gasteiger partial charge in [-0.1, -0.05) is 19.9 Å². The molecule has 0 saturated carbocycles. The maximum atomic E-state index is 11.8. The van der Waals surface area contributed by atoms with E-state index in [1.54, 1.807) is 12.1 Å². The zero-order valence-corrected chi connectivity index (χ0v) is 12.0. The van der Waals surface area contributed by atoms with Gasteiger partial charge in [0.05, 0.1) is 13.0 Å². The molecule has 106 valence electrons. The van der Waals surface area contributed by atoms with E-state index in [9.17, 15) is 4.79 Å². The van der Waals surface area contributed by atoms with Crippen LogP contribution in [0.2, 0.25) is 0 Å². The van der Waals surface area contributed by atoms with Gasteiger partial charge in [-0.15, -0.1) is 0 Å². The predicted molar refractivity (Wildman–Crippen MR) is 78.1 cm³/mol. The molecule has 1 rings (SSSR count). The van der Waals surface area contributed by atoms with Crippen LogP contribution >= 0.6 is 0 Å². The van der Waals surface area contributed by atoms with Gasteiger partial charge in [-0.25, -0.2) is 0 Å². The van der Waals surface area contributed by atoms with Crippen LogP contribution in [-0.4, -0.2) is 18.1 Å². The Hall–Kier alpha value is -1.71. The quantitative estimate of drug-likeness (QED) is 0.744. The minimum atomic E-state index is -0.117. The lowest BCUT2D eigenvalue weighted by molar-refractivity contribution is -0.123. The minimum absolute atomic E-state index is 0.0232. The molecule has 0 heterocycles. The molecule has 0 fully saturated rings. The molecule has 0 unspecified atom stereocenters. The zero-order chi connectivity index (χ0) is 14.3. The van der Waals surface area contributed by atoms with Crippen LogP contribution in [0.1, 0.15) is 40.0 Å². The van der Waals surface area contributed by atoms with E-state index in [2.05, 4.69) is 26.1 Å². The molecule has 19 heavy (non-hydrogen) atoms. The normalized spacial score (nSPS) is 11.1. The monoisotopic (exact) mass is 264 g/mol. The first kappa shape index (κ1) is 15.3. The standard InChI is InChI=1S/C15H24N2O2/c1-4-15(3,5-2)17-14(18)9-10-19-13-8-6-7-12(16)11-13/h6-8,11H,4-5,9-10,16H2,1-3H3,(H,17,18). The summed E-state index contributed by atoms with van der Waals surface area (Å²) >= 11 is 0. The molecular formula is C15H24N2O2. The SMILES string of the molecule is CCC(C)(CC)NC(=O)CCOc1cccc(N)c1. The van der Waals surface area contributed by atoms with Gasteiger partial charge < -0.3 is 15.8 Å². The fourth-order valence-electron chi connectivity index (χ4n) is 1.69. The summed E-state index contributed by atoms with van der Waals surface area (Å²) < 4.78 is 5.50. The lowest BCUT2D eigenvalue weighted by atomic mass is 9.95. The molecule has 0 aliphatic heterocycles. The second kappa shape index (κ2) is 7.02. The van der Waals surface area contributed by atoms with Crippen LogP contribution in [0.15, 0.2) is 24.3 Å². The molecule has 0 aliphatic rings. The number of carbonyl (C=O) groups is 1. The van der Waals surface area contributed by atoms with E-state index in [1.807, 2.05) is 12.1 Å². The van der Waals surface area contributed by atoms with Crippen LogP contribution < -0.4 is 15.8 Å². The molecule has 0 bridgehead atoms. The number of nitrogens with one attached hydrogen (secondary N) is 1. The number of nitrogens with two attached hydrogens (primary N) is 1. The Morgan fingerprint density at radius 2 is 2.05 bits per heavy atom. The van der Waals surface area contributed by atoms with Crippen molar-refractivity contribution in [1.82, 2.24) is 5.32 Å². The third kappa shape index (κ3) is 5.20. The zero-order valence-electron chi connectivity index (χ0n) is 12.0. The molecular weight excluding hydrogens is 240 g/mol. The Morgan fingerprint density at radius 3 is 2.63 bits per heavy atom. The molecule has 1 aromatic carbocycles. The Balaban J connectivity index is 2.35. The highest BCUT2D eigenvalue weighted by Gasteiger charge is 2.21. The predicted octanol–water partition coefficient (Wildman–Crippen LogP) is 2.73. The third-order valence-electron chi connectivity index (χ3n) is 3.46. The lowest BCUT2D eigenvalue weighted by Gasteiger charge is -2.28. The van der Waals surface area contributed by atoms with Crippen LogP contribution in [0, 0.1) is 0 Å². The number of nitrogen functional groups attached to an aromatic ring is 1. The summed E-state index contributed by atoms with van der Waals surface area (Å²) in [7, 11) is 0. The van der Waals surface area contributed by atoms with Crippen LogP contribution in [-0.2, 0) is 4.79 Å². The largest absolute Gasteiger partial charge is 0.493 e. The van der Waals surface area contributed by atoms with Crippen LogP contribution in [0.4, 0.5) is 5.69 Å². The van der Waals surface area contributed by atoms with E-state index in [1.165, 1.54) is 0 Å². The fourth-order valence-corrected chi connectivity index (χ4v) is 1.69. The van der Waals surface area contributed by atoms with Crippen molar-refractivity contribution in [2.24, 2.45) is 0 Å². The molecule has 4 nitrogen and oxygen atoms in total. The van der Waals surface area contributed by atoms with Crippen molar-refractivity contribution in [3.8, 4) is 5.75 Å². The summed E-state index contributed by atoms with van der Waals surface area (Å²) in [6.45, 7) is 6.57. The lowest BCUT2D eigenvalue weighted by Crippen LogP contribution is -2.45. The molecule has 0 saturated heterocycles. The molecule has 1 amide bonds. The first-order valence-corrected chi connectivity index (χ1v) is 6.78. The van der Waals surface area contributed by atoms with Crippen LogP contribution in [0.3, 0.4) is 0 Å². The molecule has 0 aromatic heterocycles. The maximum absolute atomic E-state index is 11.8. The molecule has 4 heteroatoms. The summed E-state index contributed by atoms with van der Waals surface area (Å²) in [5.41, 5.74) is 6.19. The van der Waals surface area contributed by atoms with E-state index in [-0.39, 0.29) is 11.4 Å². The molecule has 0 spiro atoms. The number of ether oxygens (including phenoxy) is 1. The van der Waals surface area contributed by atoms with Gasteiger partial charge in [-0.3, -0.25) is 4.79 Å². The van der Waals surface area contributed by atoms with Gasteiger partial charge in [-0.2, -0.15) is 0 Å². The van der Waals surface area contributed by atoms with E-state index >= 15 is 0 Å². The highest BCUT2D eigenvalue weighted by Crippen LogP contribution is 2.15. The van der Waals surface area contributed by atoms with Crippen molar-refractivity contribution in [2.75, 3.05) is 12.3 Å². The number of anilines is 1. The van der Waals surface area contributed by atoms with Crippen molar-refractivity contribution in [3.05, 3.63) is 24.3 Å². The maximum Gasteiger partial charge on any atom is 0.223 e. The van der Waals surface area contributed by atoms with E-state index < -0.39 is 0 Å². The first-order chi connectivity index (χ1) is 8.99. The second-order valence-electron chi connectivity index (χ2n) is 4.99. The van der Waals surface area contributed by atoms with E-state index in [0.717, 1.165) is 12.8 Å². The second-order valence-corrected chi connectivity index (χ2v) is 4.99. The third-order valence-corrected chi connectivity index (χ3v) is 3.46. The minimum Gasteiger partial charge on any atom is -0.493 e. The van der Waals surface area contributed by atoms with E-state index in [0.29, 0.717) is 24.5 Å². The summed E-state index contributed by atoms with van der Waals surface area (Å²) in [6.07, 6.45) is 2.20. The molecule has 0 aliphatic carbocycles. The number of hydrogen-bond acceptors (Lipinski definition) is 3. The van der Waals surface area contributed by atoms with Gasteiger partial charge in [-0.05, 0) is 31.9 Å². The van der Waals surface area contributed by atoms with Gasteiger partial charge in [0, 0.05) is 17.3 Å². The Kier molecular flexibility index (Phi) is 5.67. The van der Waals surface area contributed by atoms with Crippen molar-refractivity contribution in [1.29, 1.82) is 0 Å². The molecule has 0 radical (unpaired) electrons. The number of carbonyl (C=O) groups excluding carboxylic acids is 1. The van der Waals surface area contributed by atoms with Gasteiger partial charge in [0.2, 0.25) is 5.91 Å². The summed E-state index contributed by atoms with van der Waals surface area (Å²) in [5.74, 6) is 0.719. The van der Waals surface area contributed by atoms with Crippen molar-refractivity contribution >= 4 is 11.6 Å². The average Bonchev–Trinajstić information content (AvgIpc) is 2.38. The summed E-state index contributed by atoms with van der Waals surface area (Å²) in [4.78, 5) is 11.8. The Labute approximate surface area is 115 Å². The van der Waals surface area contributed by atoms with Gasteiger partial charge in [0.1, 0.15) is 5.75 Å². The molecule has 1 aromatic rings. The van der Waals surface area contributed by atoms with Crippen LogP contribution in [0.25, 0.3) is 0 Å². The van der Waals surface area contributed by atoms with Gasteiger partial charge >= 0.3 is 0 Å². The number of rotatable bonds is 7. The smallest absolute Gasteiger partial charge is 0.223 e. The summed E-state index contributed by atoms with van der Waals surface area (Å²) in [5, 5.41) is 3.05. The highest BCUT2D eigenvalue weighted by molar-refractivity contribution is 5.76. The van der Waals surface area contributed by atoms with Crippen molar-refractivity contribution in [2.45, 2.75) is 45.6 Å². The Bertz CT molecular complexity index is 414. The summed E-state index contributed by atoms with van der Waals surface area (Å²) in [6, 6.07) is 7.21. The fraction of sp³-hybridized carbons (Fsp3) is 0.533. The van der Waals surface area contributed by atoms with E-state index in [4.69, 9.17) is 10.5 Å². The topological polar surface area (TPSA) is 64.3 Å². The van der Waals surface area contributed by atoms with Gasteiger partial charge in [0.25, 0.3) is 0 Å². The Morgan fingerprint density at radius 1 is 1.37 bits per heavy atom. The molecule has 0 atom stereocenters. The van der Waals surface area contributed by atoms with Crippen molar-refractivity contribution < 1.29 is 9.53 Å². The average molecular weight is 264 g/mol.